The fraction of sp³-hybridized carbons (Fsp3) is 0.892. The number of nitrogens with zero attached hydrogens (tertiary/aromatic N) is 1. The predicted octanol–water partition coefficient (Wildman–Crippen LogP) is 10.0. The number of carbonyl (C=O) groups excluding carboxylic acids is 1. The van der Waals surface area contributed by atoms with Gasteiger partial charge in [0, 0.05) is 38.1 Å². The first-order valence-electron chi connectivity index (χ1n) is 18.9. The summed E-state index contributed by atoms with van der Waals surface area (Å²) < 4.78 is 12.2. The second kappa shape index (κ2) is 37.0. The number of hydrogen-bond acceptors (Lipinski definition) is 5. The molecule has 1 unspecified atom stereocenters. The zero-order chi connectivity index (χ0) is 31.8. The molecule has 9 heteroatoms. The van der Waals surface area contributed by atoms with Gasteiger partial charge in [-0.05, 0) is 12.8 Å². The Hall–Kier alpha value is -0.860. The van der Waals surface area contributed by atoms with E-state index in [9.17, 15) is 4.79 Å². The van der Waals surface area contributed by atoms with Crippen LogP contribution < -0.4 is 11.1 Å². The van der Waals surface area contributed by atoms with E-state index in [-0.39, 0.29) is 36.8 Å². The minimum Gasteiger partial charge on any atom is -0.379 e. The molecule has 2 atom stereocenters. The molecule has 0 radical (unpaired) electrons. The molecule has 7 nitrogen and oxygen atoms in total. The van der Waals surface area contributed by atoms with Gasteiger partial charge in [0.05, 0.1) is 25.1 Å². The molecular weight excluding hydrogens is 619 g/mol. The van der Waals surface area contributed by atoms with Crippen LogP contribution in [0.1, 0.15) is 174 Å². The lowest BCUT2D eigenvalue weighted by Crippen LogP contribution is -2.46. The third kappa shape index (κ3) is 30.5. The third-order valence-electron chi connectivity index (χ3n) is 8.63. The first kappa shape index (κ1) is 47.3. The maximum atomic E-state index is 12.6. The maximum Gasteiger partial charge on any atom is 0.237 e. The molecule has 0 spiro atoms. The van der Waals surface area contributed by atoms with Crippen molar-refractivity contribution >= 4 is 30.7 Å². The number of imidazole rings is 1. The van der Waals surface area contributed by atoms with E-state index in [0.717, 1.165) is 25.1 Å². The number of hydrogen-bond donors (Lipinski definition) is 3. The molecule has 4 N–H and O–H groups in total. The number of amides is 1. The summed E-state index contributed by atoms with van der Waals surface area (Å²) in [4.78, 5) is 19.6. The van der Waals surface area contributed by atoms with Crippen LogP contribution in [0.15, 0.2) is 12.5 Å². The summed E-state index contributed by atoms with van der Waals surface area (Å²) >= 11 is 0. The Balaban J connectivity index is 0. The van der Waals surface area contributed by atoms with E-state index in [1.165, 1.54) is 141 Å². The van der Waals surface area contributed by atoms with Gasteiger partial charge in [-0.1, -0.05) is 155 Å². The number of halogens is 2. The van der Waals surface area contributed by atoms with Crippen LogP contribution in [0.25, 0.3) is 0 Å². The molecule has 0 saturated heterocycles. The zero-order valence-corrected chi connectivity index (χ0v) is 31.5. The summed E-state index contributed by atoms with van der Waals surface area (Å²) in [6, 6.07) is -0.616. The van der Waals surface area contributed by atoms with E-state index in [2.05, 4.69) is 29.1 Å². The minimum atomic E-state index is -0.616. The predicted molar refractivity (Wildman–Crippen MR) is 200 cm³/mol. The number of aromatic nitrogens is 2. The third-order valence-corrected chi connectivity index (χ3v) is 8.63. The maximum absolute atomic E-state index is 12.6. The van der Waals surface area contributed by atoms with Crippen LogP contribution in [0.5, 0.6) is 0 Å². The molecule has 274 valence electrons. The Morgan fingerprint density at radius 2 is 1.15 bits per heavy atom. The molecule has 0 aliphatic carbocycles. The molecule has 1 rings (SSSR count). The van der Waals surface area contributed by atoms with Gasteiger partial charge in [-0.2, -0.15) is 0 Å². The molecule has 0 aliphatic heterocycles. The highest BCUT2D eigenvalue weighted by Gasteiger charge is 2.17. The van der Waals surface area contributed by atoms with Crippen molar-refractivity contribution in [1.29, 1.82) is 0 Å². The summed E-state index contributed by atoms with van der Waals surface area (Å²) in [5.41, 5.74) is 6.98. The molecule has 1 aromatic heterocycles. The van der Waals surface area contributed by atoms with E-state index in [4.69, 9.17) is 15.2 Å². The number of carbonyl (C=O) groups is 1. The number of aromatic amines is 1. The summed E-state index contributed by atoms with van der Waals surface area (Å²) in [5.74, 6) is -0.167. The van der Waals surface area contributed by atoms with E-state index < -0.39 is 6.04 Å². The molecule has 1 aromatic rings. The molecule has 1 amide bonds. The van der Waals surface area contributed by atoms with Crippen molar-refractivity contribution in [3.05, 3.63) is 18.2 Å². The fourth-order valence-electron chi connectivity index (χ4n) is 5.69. The topological polar surface area (TPSA) is 102 Å². The van der Waals surface area contributed by atoms with Crippen molar-refractivity contribution in [1.82, 2.24) is 15.3 Å². The summed E-state index contributed by atoms with van der Waals surface area (Å²) in [7, 11) is 0. The number of H-pyrrole nitrogens is 1. The van der Waals surface area contributed by atoms with Crippen LogP contribution in [0.3, 0.4) is 0 Å². The Kier molecular flexibility index (Phi) is 38.0. The van der Waals surface area contributed by atoms with E-state index in [1.807, 2.05) is 0 Å². The second-order valence-corrected chi connectivity index (χ2v) is 13.0. The first-order valence-corrected chi connectivity index (χ1v) is 18.9. The van der Waals surface area contributed by atoms with Crippen LogP contribution in [0.2, 0.25) is 0 Å². The van der Waals surface area contributed by atoms with Crippen LogP contribution in [0, 0.1) is 0 Å². The second-order valence-electron chi connectivity index (χ2n) is 13.0. The van der Waals surface area contributed by atoms with Crippen LogP contribution in [-0.2, 0) is 20.7 Å². The standard InChI is InChI=1S/C37H72N4O3.2ClH/c1-3-5-7-9-11-13-15-17-19-21-23-25-27-43-32-35(31-40-37(42)36(38)29-34-30-39-33-41-34)44-28-26-24-22-20-18-16-14-12-10-8-6-4-2;;/h30,33,35-36H,3-29,31-32,38H2,1-2H3,(H,39,41)(H,40,42);2*1H/t35?,36-;;/m0../s1. The van der Waals surface area contributed by atoms with Crippen molar-refractivity contribution < 1.29 is 14.3 Å². The van der Waals surface area contributed by atoms with E-state index >= 15 is 0 Å². The number of nitrogens with two attached hydrogens (primary N) is 1. The van der Waals surface area contributed by atoms with Crippen molar-refractivity contribution in [3.63, 3.8) is 0 Å². The van der Waals surface area contributed by atoms with Gasteiger partial charge in [0.1, 0.15) is 0 Å². The van der Waals surface area contributed by atoms with Crippen molar-refractivity contribution in [2.24, 2.45) is 5.73 Å². The normalized spacial score (nSPS) is 12.3. The summed E-state index contributed by atoms with van der Waals surface area (Å²) in [6.07, 6.45) is 35.6. The number of unbranched alkanes of at least 4 members (excludes halogenated alkanes) is 22. The smallest absolute Gasteiger partial charge is 0.237 e. The Morgan fingerprint density at radius 3 is 1.59 bits per heavy atom. The zero-order valence-electron chi connectivity index (χ0n) is 29.9. The van der Waals surface area contributed by atoms with Gasteiger partial charge in [0.15, 0.2) is 0 Å². The van der Waals surface area contributed by atoms with Crippen molar-refractivity contribution in [3.8, 4) is 0 Å². The van der Waals surface area contributed by atoms with Gasteiger partial charge in [-0.15, -0.1) is 24.8 Å². The van der Waals surface area contributed by atoms with Crippen molar-refractivity contribution in [2.45, 2.75) is 187 Å². The Bertz CT molecular complexity index is 727. The highest BCUT2D eigenvalue weighted by Crippen LogP contribution is 2.13. The van der Waals surface area contributed by atoms with Gasteiger partial charge in [-0.3, -0.25) is 4.79 Å². The molecular formula is C37H74Cl2N4O3. The summed E-state index contributed by atoms with van der Waals surface area (Å²) in [6.45, 7) is 6.95. The molecule has 46 heavy (non-hydrogen) atoms. The van der Waals surface area contributed by atoms with Crippen LogP contribution in [0.4, 0.5) is 0 Å². The van der Waals surface area contributed by atoms with Crippen LogP contribution in [-0.4, -0.2) is 54.4 Å². The Morgan fingerprint density at radius 1 is 0.717 bits per heavy atom. The SMILES string of the molecule is CCCCCCCCCCCCCCOCC(CNC(=O)[C@@H](N)Cc1cnc[nH]1)OCCCCCCCCCCCCCC.Cl.Cl. The largest absolute Gasteiger partial charge is 0.379 e. The highest BCUT2D eigenvalue weighted by molar-refractivity contribution is 5.85. The minimum absolute atomic E-state index is 0. The lowest BCUT2D eigenvalue weighted by atomic mass is 10.1. The quantitative estimate of drug-likeness (QED) is 0.0624. The number of ether oxygens (including phenoxy) is 2. The lowest BCUT2D eigenvalue weighted by molar-refractivity contribution is -0.123. The van der Waals surface area contributed by atoms with Gasteiger partial charge >= 0.3 is 0 Å². The van der Waals surface area contributed by atoms with E-state index in [0.29, 0.717) is 26.2 Å². The summed E-state index contributed by atoms with van der Waals surface area (Å²) in [5, 5.41) is 2.99. The van der Waals surface area contributed by atoms with Crippen LogP contribution >= 0.6 is 24.8 Å². The molecule has 0 aliphatic rings. The first-order chi connectivity index (χ1) is 21.7. The molecule has 0 aromatic carbocycles. The van der Waals surface area contributed by atoms with Gasteiger partial charge in [0.25, 0.3) is 0 Å². The van der Waals surface area contributed by atoms with Gasteiger partial charge < -0.3 is 25.5 Å². The lowest BCUT2D eigenvalue weighted by Gasteiger charge is -2.20. The van der Waals surface area contributed by atoms with Gasteiger partial charge in [0.2, 0.25) is 5.91 Å². The molecule has 0 saturated carbocycles. The van der Waals surface area contributed by atoms with Gasteiger partial charge in [-0.25, -0.2) is 4.98 Å². The van der Waals surface area contributed by atoms with E-state index in [1.54, 1.807) is 12.5 Å². The average molecular weight is 694 g/mol. The molecule has 0 fully saturated rings. The number of rotatable bonds is 34. The number of nitrogens with one attached hydrogen (secondary N) is 2. The molecule has 0 bridgehead atoms. The highest BCUT2D eigenvalue weighted by atomic mass is 35.5. The monoisotopic (exact) mass is 693 g/mol. The van der Waals surface area contributed by atoms with Crippen molar-refractivity contribution in [2.75, 3.05) is 26.4 Å². The average Bonchev–Trinajstić information content (AvgIpc) is 3.54. The Labute approximate surface area is 296 Å². The molecule has 1 heterocycles. The fourth-order valence-corrected chi connectivity index (χ4v) is 5.69.